The summed E-state index contributed by atoms with van der Waals surface area (Å²) in [4.78, 5) is 18.3. The van der Waals surface area contributed by atoms with Crippen molar-refractivity contribution in [2.75, 3.05) is 18.4 Å². The average Bonchev–Trinajstić information content (AvgIpc) is 3.20. The van der Waals surface area contributed by atoms with Gasteiger partial charge >= 0.3 is 6.03 Å². The number of aromatic nitrogens is 2. The van der Waals surface area contributed by atoms with Crippen LogP contribution >= 0.6 is 0 Å². The Morgan fingerprint density at radius 2 is 1.95 bits per heavy atom. The molecular weight excluding hydrogens is 280 g/mol. The zero-order valence-corrected chi connectivity index (χ0v) is 12.5. The second-order valence-corrected chi connectivity index (χ2v) is 6.16. The lowest BCUT2D eigenvalue weighted by Gasteiger charge is -2.36. The normalized spacial score (nSPS) is 18.1. The number of anilines is 1. The molecule has 2 fully saturated rings. The maximum absolute atomic E-state index is 12.1. The first-order chi connectivity index (χ1) is 10.7. The van der Waals surface area contributed by atoms with Crippen LogP contribution in [-0.2, 0) is 0 Å². The van der Waals surface area contributed by atoms with E-state index in [2.05, 4.69) is 15.5 Å². The fraction of sp³-hybridized carbons (Fsp3) is 0.438. The Morgan fingerprint density at radius 3 is 2.64 bits per heavy atom. The van der Waals surface area contributed by atoms with E-state index in [0.29, 0.717) is 24.9 Å². The highest BCUT2D eigenvalue weighted by molar-refractivity contribution is 5.90. The van der Waals surface area contributed by atoms with Crippen molar-refractivity contribution in [1.29, 1.82) is 0 Å². The molecule has 2 aromatic rings. The third kappa shape index (κ3) is 2.56. The van der Waals surface area contributed by atoms with Gasteiger partial charge in [0.25, 0.3) is 0 Å². The third-order valence-electron chi connectivity index (χ3n) is 4.22. The van der Waals surface area contributed by atoms with Crippen LogP contribution in [0, 0.1) is 6.92 Å². The average molecular weight is 298 g/mol. The summed E-state index contributed by atoms with van der Waals surface area (Å²) in [5.41, 5.74) is 1.98. The van der Waals surface area contributed by atoms with Crippen molar-refractivity contribution in [2.24, 2.45) is 0 Å². The summed E-state index contributed by atoms with van der Waals surface area (Å²) in [6, 6.07) is 7.69. The molecule has 0 spiro atoms. The minimum atomic E-state index is -0.0814. The quantitative estimate of drug-likeness (QED) is 0.945. The Balaban J connectivity index is 1.32. The van der Waals surface area contributed by atoms with Gasteiger partial charge in [-0.15, -0.1) is 0 Å². The van der Waals surface area contributed by atoms with Crippen LogP contribution in [0.2, 0.25) is 0 Å². The molecule has 1 N–H and O–H groups in total. The van der Waals surface area contributed by atoms with Crippen LogP contribution in [-0.4, -0.2) is 34.2 Å². The summed E-state index contributed by atoms with van der Waals surface area (Å²) in [5, 5.41) is 6.92. The number of likely N-dealkylation sites (tertiary alicyclic amines) is 1. The van der Waals surface area contributed by atoms with E-state index < -0.39 is 0 Å². The maximum atomic E-state index is 12.1. The number of carbonyl (C=O) groups excluding carboxylic acids is 1. The maximum Gasteiger partial charge on any atom is 0.321 e. The molecule has 2 aliphatic rings. The summed E-state index contributed by atoms with van der Waals surface area (Å²) in [5.74, 6) is 2.17. The summed E-state index contributed by atoms with van der Waals surface area (Å²) in [6.07, 6.45) is 2.32. The van der Waals surface area contributed by atoms with E-state index in [9.17, 15) is 4.79 Å². The van der Waals surface area contributed by atoms with Gasteiger partial charge < -0.3 is 14.7 Å². The standard InChI is InChI=1S/C16H18N4O2/c1-10-2-6-13(7-3-10)17-16(21)20-8-12(9-20)15-18-14(19-22-15)11-4-5-11/h2-3,6-7,11-12H,4-5,8-9H2,1H3,(H,17,21). The molecule has 0 unspecified atom stereocenters. The minimum Gasteiger partial charge on any atom is -0.339 e. The molecule has 1 aromatic carbocycles. The van der Waals surface area contributed by atoms with Gasteiger partial charge in [-0.25, -0.2) is 4.79 Å². The zero-order chi connectivity index (χ0) is 15.1. The Labute approximate surface area is 128 Å². The fourth-order valence-corrected chi connectivity index (χ4v) is 2.56. The van der Waals surface area contributed by atoms with Gasteiger partial charge in [0.1, 0.15) is 0 Å². The molecule has 0 bridgehead atoms. The largest absolute Gasteiger partial charge is 0.339 e. The lowest BCUT2D eigenvalue weighted by atomic mass is 10.0. The highest BCUT2D eigenvalue weighted by Gasteiger charge is 2.37. The van der Waals surface area contributed by atoms with Crippen LogP contribution in [0.1, 0.15) is 42.0 Å². The van der Waals surface area contributed by atoms with E-state index in [-0.39, 0.29) is 11.9 Å². The SMILES string of the molecule is Cc1ccc(NC(=O)N2CC(c3nc(C4CC4)no3)C2)cc1. The minimum absolute atomic E-state index is 0.0814. The van der Waals surface area contributed by atoms with Crippen molar-refractivity contribution >= 4 is 11.7 Å². The summed E-state index contributed by atoms with van der Waals surface area (Å²) >= 11 is 0. The van der Waals surface area contributed by atoms with Gasteiger partial charge in [0.05, 0.1) is 5.92 Å². The molecule has 0 radical (unpaired) electrons. The second-order valence-electron chi connectivity index (χ2n) is 6.16. The van der Waals surface area contributed by atoms with E-state index in [0.717, 1.165) is 24.4 Å². The summed E-state index contributed by atoms with van der Waals surface area (Å²) in [7, 11) is 0. The van der Waals surface area contributed by atoms with Crippen LogP contribution in [0.25, 0.3) is 0 Å². The monoisotopic (exact) mass is 298 g/mol. The van der Waals surface area contributed by atoms with Crippen molar-refractivity contribution in [3.05, 3.63) is 41.5 Å². The Morgan fingerprint density at radius 1 is 1.23 bits per heavy atom. The predicted octanol–water partition coefficient (Wildman–Crippen LogP) is 2.89. The lowest BCUT2D eigenvalue weighted by molar-refractivity contribution is 0.147. The molecule has 114 valence electrons. The number of carbonyl (C=O) groups is 1. The molecule has 1 aliphatic carbocycles. The molecule has 2 heterocycles. The second kappa shape index (κ2) is 5.12. The van der Waals surface area contributed by atoms with E-state index in [1.807, 2.05) is 31.2 Å². The van der Waals surface area contributed by atoms with Crippen molar-refractivity contribution < 1.29 is 9.32 Å². The first-order valence-electron chi connectivity index (χ1n) is 7.65. The Bertz CT molecular complexity index is 684. The van der Waals surface area contributed by atoms with Crippen LogP contribution in [0.5, 0.6) is 0 Å². The number of hydrogen-bond donors (Lipinski definition) is 1. The number of benzene rings is 1. The van der Waals surface area contributed by atoms with E-state index in [1.165, 1.54) is 5.56 Å². The number of urea groups is 1. The molecule has 1 saturated carbocycles. The van der Waals surface area contributed by atoms with E-state index in [4.69, 9.17) is 4.52 Å². The van der Waals surface area contributed by atoms with Crippen LogP contribution in [0.15, 0.2) is 28.8 Å². The van der Waals surface area contributed by atoms with Gasteiger partial charge in [-0.2, -0.15) is 4.98 Å². The molecular formula is C16H18N4O2. The molecule has 6 heteroatoms. The van der Waals surface area contributed by atoms with Gasteiger partial charge in [0, 0.05) is 24.7 Å². The zero-order valence-electron chi connectivity index (χ0n) is 12.5. The smallest absolute Gasteiger partial charge is 0.321 e. The number of amides is 2. The molecule has 6 nitrogen and oxygen atoms in total. The first kappa shape index (κ1) is 13.3. The highest BCUT2D eigenvalue weighted by Crippen LogP contribution is 2.39. The summed E-state index contributed by atoms with van der Waals surface area (Å²) in [6.45, 7) is 3.28. The number of aryl methyl sites for hydroxylation is 1. The van der Waals surface area contributed by atoms with Crippen LogP contribution < -0.4 is 5.32 Å². The van der Waals surface area contributed by atoms with Gasteiger partial charge in [0.2, 0.25) is 5.89 Å². The molecule has 2 amide bonds. The molecule has 22 heavy (non-hydrogen) atoms. The number of nitrogens with zero attached hydrogens (tertiary/aromatic N) is 3. The number of rotatable bonds is 3. The van der Waals surface area contributed by atoms with E-state index >= 15 is 0 Å². The van der Waals surface area contributed by atoms with E-state index in [1.54, 1.807) is 4.90 Å². The van der Waals surface area contributed by atoms with Crippen molar-refractivity contribution in [3.8, 4) is 0 Å². The molecule has 1 aliphatic heterocycles. The molecule has 1 aromatic heterocycles. The summed E-state index contributed by atoms with van der Waals surface area (Å²) < 4.78 is 5.31. The van der Waals surface area contributed by atoms with Gasteiger partial charge in [-0.3, -0.25) is 0 Å². The number of hydrogen-bond acceptors (Lipinski definition) is 4. The Hall–Kier alpha value is -2.37. The topological polar surface area (TPSA) is 71.3 Å². The van der Waals surface area contributed by atoms with Crippen LogP contribution in [0.4, 0.5) is 10.5 Å². The molecule has 0 atom stereocenters. The van der Waals surface area contributed by atoms with Gasteiger partial charge in [-0.05, 0) is 31.9 Å². The van der Waals surface area contributed by atoms with Gasteiger partial charge in [-0.1, -0.05) is 22.9 Å². The number of nitrogens with one attached hydrogen (secondary N) is 1. The third-order valence-corrected chi connectivity index (χ3v) is 4.22. The van der Waals surface area contributed by atoms with Crippen LogP contribution in [0.3, 0.4) is 0 Å². The molecule has 4 rings (SSSR count). The van der Waals surface area contributed by atoms with Crippen molar-refractivity contribution in [3.63, 3.8) is 0 Å². The lowest BCUT2D eigenvalue weighted by Crippen LogP contribution is -2.50. The Kier molecular flexibility index (Phi) is 3.10. The molecule has 1 saturated heterocycles. The first-order valence-corrected chi connectivity index (χ1v) is 7.65. The van der Waals surface area contributed by atoms with Crippen molar-refractivity contribution in [1.82, 2.24) is 15.0 Å². The van der Waals surface area contributed by atoms with Gasteiger partial charge in [0.15, 0.2) is 5.82 Å². The highest BCUT2D eigenvalue weighted by atomic mass is 16.5. The van der Waals surface area contributed by atoms with Crippen molar-refractivity contribution in [2.45, 2.75) is 31.6 Å². The fourth-order valence-electron chi connectivity index (χ4n) is 2.56. The predicted molar refractivity (Wildman–Crippen MR) is 80.8 cm³/mol.